The van der Waals surface area contributed by atoms with Crippen LogP contribution in [0.3, 0.4) is 0 Å². The Kier molecular flexibility index (Phi) is 2.21. The highest BCUT2D eigenvalue weighted by molar-refractivity contribution is 9.10. The van der Waals surface area contributed by atoms with Gasteiger partial charge in [0, 0.05) is 10.5 Å². The highest BCUT2D eigenvalue weighted by Gasteiger charge is 2.21. The van der Waals surface area contributed by atoms with Crippen molar-refractivity contribution in [2.45, 2.75) is 25.3 Å². The summed E-state index contributed by atoms with van der Waals surface area (Å²) >= 11 is 8.84. The Hall–Kier alpha value is -0.610. The summed E-state index contributed by atoms with van der Waals surface area (Å²) in [5.41, 5.74) is 2.36. The van der Waals surface area contributed by atoms with Crippen molar-refractivity contribution in [2.24, 2.45) is 0 Å². The predicted octanol–water partition coefficient (Wildman–Crippen LogP) is 4.19. The molecule has 0 atom stereocenters. The van der Waals surface area contributed by atoms with Crippen LogP contribution in [0.1, 0.15) is 25.3 Å². The molecule has 15 heavy (non-hydrogen) atoms. The van der Waals surface area contributed by atoms with E-state index in [-0.39, 0.29) is 0 Å². The molecule has 0 radical (unpaired) electrons. The van der Waals surface area contributed by atoms with Crippen molar-refractivity contribution < 1.29 is 0 Å². The normalized spacial score (nSPS) is 16.9. The number of hydrogen-bond donors (Lipinski definition) is 1. The highest BCUT2D eigenvalue weighted by Crippen LogP contribution is 2.34. The van der Waals surface area contributed by atoms with E-state index in [2.05, 4.69) is 43.7 Å². The van der Waals surface area contributed by atoms with Crippen LogP contribution in [-0.2, 0) is 0 Å². The molecule has 1 aliphatic rings. The van der Waals surface area contributed by atoms with Gasteiger partial charge in [-0.15, -0.1) is 0 Å². The predicted molar refractivity (Wildman–Crippen MR) is 67.7 cm³/mol. The lowest BCUT2D eigenvalue weighted by molar-refractivity contribution is 0.318. The Bertz CT molecular complexity index is 565. The summed E-state index contributed by atoms with van der Waals surface area (Å²) in [5, 5.41) is 0. The number of benzene rings is 1. The number of rotatable bonds is 1. The first-order valence-electron chi connectivity index (χ1n) is 5.15. The molecule has 1 aromatic carbocycles. The Labute approximate surface area is 101 Å². The first-order valence-corrected chi connectivity index (χ1v) is 6.35. The maximum Gasteiger partial charge on any atom is 0.178 e. The summed E-state index contributed by atoms with van der Waals surface area (Å²) in [5.74, 6) is 0. The largest absolute Gasteiger partial charge is 0.331 e. The Morgan fingerprint density at radius 1 is 1.40 bits per heavy atom. The van der Waals surface area contributed by atoms with Crippen LogP contribution in [0.25, 0.3) is 11.0 Å². The molecule has 1 aromatic heterocycles. The van der Waals surface area contributed by atoms with E-state index in [1.807, 2.05) is 0 Å². The maximum atomic E-state index is 5.36. The molecule has 0 unspecified atom stereocenters. The number of nitrogens with zero attached hydrogens (tertiary/aromatic N) is 1. The minimum absolute atomic E-state index is 0.618. The van der Waals surface area contributed by atoms with Gasteiger partial charge in [0.15, 0.2) is 4.77 Å². The average molecular weight is 283 g/mol. The molecular formula is C11H11BrN2S. The zero-order valence-electron chi connectivity index (χ0n) is 8.16. The molecule has 0 bridgehead atoms. The van der Waals surface area contributed by atoms with Gasteiger partial charge in [-0.25, -0.2) is 0 Å². The molecule has 78 valence electrons. The van der Waals surface area contributed by atoms with Crippen molar-refractivity contribution in [1.29, 1.82) is 0 Å². The molecule has 0 spiro atoms. The van der Waals surface area contributed by atoms with E-state index in [0.29, 0.717) is 6.04 Å². The number of imidazole rings is 1. The monoisotopic (exact) mass is 282 g/mol. The molecule has 3 rings (SSSR count). The Morgan fingerprint density at radius 2 is 2.20 bits per heavy atom. The van der Waals surface area contributed by atoms with E-state index >= 15 is 0 Å². The average Bonchev–Trinajstić information content (AvgIpc) is 2.40. The summed E-state index contributed by atoms with van der Waals surface area (Å²) in [4.78, 5) is 3.26. The van der Waals surface area contributed by atoms with E-state index in [0.717, 1.165) is 14.8 Å². The summed E-state index contributed by atoms with van der Waals surface area (Å²) in [6.45, 7) is 0. The summed E-state index contributed by atoms with van der Waals surface area (Å²) in [7, 11) is 0. The minimum Gasteiger partial charge on any atom is -0.331 e. The number of aromatic amines is 1. The molecule has 2 aromatic rings. The molecule has 1 fully saturated rings. The zero-order chi connectivity index (χ0) is 10.4. The summed E-state index contributed by atoms with van der Waals surface area (Å²) < 4.78 is 4.21. The number of fused-ring (bicyclic) bond motifs is 1. The van der Waals surface area contributed by atoms with Gasteiger partial charge in [0.05, 0.1) is 11.0 Å². The summed E-state index contributed by atoms with van der Waals surface area (Å²) in [6, 6.07) is 6.90. The van der Waals surface area contributed by atoms with Crippen LogP contribution in [0.4, 0.5) is 0 Å². The third-order valence-corrected chi connectivity index (χ3v) is 3.91. The van der Waals surface area contributed by atoms with Gasteiger partial charge in [-0.05, 0) is 49.7 Å². The van der Waals surface area contributed by atoms with Crippen molar-refractivity contribution in [3.05, 3.63) is 27.4 Å². The quantitative estimate of drug-likeness (QED) is 0.778. The van der Waals surface area contributed by atoms with E-state index in [4.69, 9.17) is 12.2 Å². The van der Waals surface area contributed by atoms with Crippen LogP contribution in [-0.4, -0.2) is 9.55 Å². The fourth-order valence-corrected chi connectivity index (χ4v) is 2.83. The Balaban J connectivity index is 2.27. The smallest absolute Gasteiger partial charge is 0.178 e. The topological polar surface area (TPSA) is 20.7 Å². The number of halogens is 1. The lowest BCUT2D eigenvalue weighted by atomic mass is 9.93. The number of hydrogen-bond acceptors (Lipinski definition) is 1. The maximum absolute atomic E-state index is 5.36. The number of aromatic nitrogens is 2. The minimum atomic E-state index is 0.618. The SMILES string of the molecule is S=c1[nH]c2cc(Br)ccc2n1C1CCC1. The number of H-pyrrole nitrogens is 1. The fourth-order valence-electron chi connectivity index (χ4n) is 2.11. The second kappa shape index (κ2) is 3.46. The third-order valence-electron chi connectivity index (χ3n) is 3.12. The van der Waals surface area contributed by atoms with Gasteiger partial charge in [-0.3, -0.25) is 0 Å². The van der Waals surface area contributed by atoms with Crippen LogP contribution in [0.15, 0.2) is 22.7 Å². The molecule has 1 saturated carbocycles. The van der Waals surface area contributed by atoms with Crippen LogP contribution in [0.2, 0.25) is 0 Å². The molecule has 0 aliphatic heterocycles. The second-order valence-electron chi connectivity index (χ2n) is 4.05. The van der Waals surface area contributed by atoms with Crippen LogP contribution < -0.4 is 0 Å². The van der Waals surface area contributed by atoms with Crippen LogP contribution >= 0.6 is 28.1 Å². The standard InChI is InChI=1S/C11H11BrN2S/c12-7-4-5-10-9(6-7)13-11(15)14(10)8-2-1-3-8/h4-6,8H,1-3H2,(H,13,15). The molecule has 2 nitrogen and oxygen atoms in total. The Morgan fingerprint density at radius 3 is 2.87 bits per heavy atom. The van der Waals surface area contributed by atoms with Crippen molar-refractivity contribution >= 4 is 39.2 Å². The van der Waals surface area contributed by atoms with Crippen molar-refractivity contribution in [3.8, 4) is 0 Å². The molecule has 0 amide bonds. The van der Waals surface area contributed by atoms with E-state index in [1.54, 1.807) is 0 Å². The van der Waals surface area contributed by atoms with E-state index in [9.17, 15) is 0 Å². The fraction of sp³-hybridized carbons (Fsp3) is 0.364. The third kappa shape index (κ3) is 1.47. The van der Waals surface area contributed by atoms with Crippen LogP contribution in [0, 0.1) is 4.77 Å². The van der Waals surface area contributed by atoms with E-state index < -0.39 is 0 Å². The van der Waals surface area contributed by atoms with E-state index in [1.165, 1.54) is 24.8 Å². The van der Waals surface area contributed by atoms with Crippen LogP contribution in [0.5, 0.6) is 0 Å². The van der Waals surface area contributed by atoms with Crippen molar-refractivity contribution in [2.75, 3.05) is 0 Å². The van der Waals surface area contributed by atoms with Gasteiger partial charge in [0.1, 0.15) is 0 Å². The van der Waals surface area contributed by atoms with Crippen molar-refractivity contribution in [3.63, 3.8) is 0 Å². The lowest BCUT2D eigenvalue weighted by Crippen LogP contribution is -2.16. The van der Waals surface area contributed by atoms with Gasteiger partial charge >= 0.3 is 0 Å². The van der Waals surface area contributed by atoms with Gasteiger partial charge in [0.2, 0.25) is 0 Å². The van der Waals surface area contributed by atoms with Gasteiger partial charge in [-0.1, -0.05) is 15.9 Å². The molecule has 1 N–H and O–H groups in total. The van der Waals surface area contributed by atoms with Crippen molar-refractivity contribution in [1.82, 2.24) is 9.55 Å². The molecule has 0 saturated heterocycles. The van der Waals surface area contributed by atoms with Gasteiger partial charge < -0.3 is 9.55 Å². The molecular weight excluding hydrogens is 272 g/mol. The zero-order valence-corrected chi connectivity index (χ0v) is 10.6. The first kappa shape index (κ1) is 9.60. The second-order valence-corrected chi connectivity index (χ2v) is 5.35. The molecule has 1 aliphatic carbocycles. The molecule has 1 heterocycles. The number of nitrogens with one attached hydrogen (secondary N) is 1. The molecule has 4 heteroatoms. The summed E-state index contributed by atoms with van der Waals surface area (Å²) in [6.07, 6.45) is 3.85. The first-order chi connectivity index (χ1) is 7.25. The highest BCUT2D eigenvalue weighted by atomic mass is 79.9. The van der Waals surface area contributed by atoms with Gasteiger partial charge in [0.25, 0.3) is 0 Å². The lowest BCUT2D eigenvalue weighted by Gasteiger charge is -2.27. The van der Waals surface area contributed by atoms with Gasteiger partial charge in [-0.2, -0.15) is 0 Å².